The Labute approximate surface area is 243 Å². The van der Waals surface area contributed by atoms with Crippen molar-refractivity contribution < 1.29 is 21.9 Å². The van der Waals surface area contributed by atoms with E-state index in [1.807, 2.05) is 13.8 Å². The van der Waals surface area contributed by atoms with Crippen LogP contribution in [0.3, 0.4) is 0 Å². The van der Waals surface area contributed by atoms with Crippen molar-refractivity contribution >= 4 is 49.4 Å². The van der Waals surface area contributed by atoms with E-state index in [9.17, 15) is 22.0 Å². The SMILES string of the molecule is CC(C)Oc1ccc2c(=O)n(-c3ccc(Cl)c4c(NS(C)(=O)=O)nn(C)c34)c([C@@H](N)Cc3cc(F)cc(F)c3)nc2n1. The van der Waals surface area contributed by atoms with Gasteiger partial charge in [-0.25, -0.2) is 22.2 Å². The largest absolute Gasteiger partial charge is 0.475 e. The molecule has 0 spiro atoms. The number of nitrogens with zero attached hydrogens (tertiary/aromatic N) is 5. The summed E-state index contributed by atoms with van der Waals surface area (Å²) in [5.74, 6) is -1.33. The second kappa shape index (κ2) is 10.9. The molecule has 0 saturated heterocycles. The molecule has 220 valence electrons. The average molecular weight is 618 g/mol. The first-order chi connectivity index (χ1) is 19.7. The molecule has 0 aliphatic heterocycles. The summed E-state index contributed by atoms with van der Waals surface area (Å²) in [4.78, 5) is 23.1. The summed E-state index contributed by atoms with van der Waals surface area (Å²) < 4.78 is 62.6. The summed E-state index contributed by atoms with van der Waals surface area (Å²) in [6, 6.07) is 8.08. The zero-order valence-electron chi connectivity index (χ0n) is 22.9. The summed E-state index contributed by atoms with van der Waals surface area (Å²) in [6.07, 6.45) is 0.694. The van der Waals surface area contributed by atoms with E-state index in [0.29, 0.717) is 5.52 Å². The number of rotatable bonds is 8. The first-order valence-electron chi connectivity index (χ1n) is 12.7. The number of aromatic nitrogens is 5. The highest BCUT2D eigenvalue weighted by molar-refractivity contribution is 7.92. The van der Waals surface area contributed by atoms with Crippen LogP contribution >= 0.6 is 11.6 Å². The van der Waals surface area contributed by atoms with Crippen LogP contribution in [0.4, 0.5) is 14.6 Å². The molecule has 11 nitrogen and oxygen atoms in total. The number of fused-ring (bicyclic) bond motifs is 2. The molecule has 15 heteroatoms. The third-order valence-corrected chi connectivity index (χ3v) is 7.12. The molecule has 3 heterocycles. The number of nitrogens with one attached hydrogen (secondary N) is 1. The smallest absolute Gasteiger partial charge is 0.267 e. The molecule has 5 rings (SSSR count). The van der Waals surface area contributed by atoms with Gasteiger partial charge in [-0.05, 0) is 56.2 Å². The van der Waals surface area contributed by atoms with Gasteiger partial charge >= 0.3 is 0 Å². The Balaban J connectivity index is 1.80. The highest BCUT2D eigenvalue weighted by Gasteiger charge is 2.25. The summed E-state index contributed by atoms with van der Waals surface area (Å²) in [6.45, 7) is 3.65. The minimum absolute atomic E-state index is 0.0220. The maximum atomic E-state index is 14.1. The number of sulfonamides is 1. The second-order valence-corrected chi connectivity index (χ2v) is 12.2. The molecule has 0 amide bonds. The lowest BCUT2D eigenvalue weighted by atomic mass is 10.0. The molecular formula is C27H26ClF2N7O4S. The predicted molar refractivity (Wildman–Crippen MR) is 156 cm³/mol. The number of hydrogen-bond donors (Lipinski definition) is 2. The van der Waals surface area contributed by atoms with Crippen LogP contribution in [-0.2, 0) is 23.5 Å². The van der Waals surface area contributed by atoms with Gasteiger partial charge in [0.25, 0.3) is 5.56 Å². The molecule has 2 aromatic carbocycles. The van der Waals surface area contributed by atoms with Gasteiger partial charge in [-0.2, -0.15) is 10.1 Å². The van der Waals surface area contributed by atoms with Crippen LogP contribution in [-0.4, -0.2) is 45.1 Å². The Morgan fingerprint density at radius 3 is 2.43 bits per heavy atom. The number of benzene rings is 2. The molecule has 0 bridgehead atoms. The van der Waals surface area contributed by atoms with E-state index < -0.39 is 33.3 Å². The van der Waals surface area contributed by atoms with Gasteiger partial charge in [0, 0.05) is 19.2 Å². The fraction of sp³-hybridized carbons (Fsp3) is 0.259. The Morgan fingerprint density at radius 2 is 1.79 bits per heavy atom. The van der Waals surface area contributed by atoms with Crippen molar-refractivity contribution in [2.45, 2.75) is 32.4 Å². The van der Waals surface area contributed by atoms with E-state index in [1.165, 1.54) is 21.4 Å². The van der Waals surface area contributed by atoms with E-state index in [2.05, 4.69) is 19.8 Å². The summed E-state index contributed by atoms with van der Waals surface area (Å²) in [5, 5.41) is 4.83. The van der Waals surface area contributed by atoms with Crippen LogP contribution in [0, 0.1) is 11.6 Å². The topological polar surface area (TPSA) is 147 Å². The highest BCUT2D eigenvalue weighted by Crippen LogP contribution is 2.35. The van der Waals surface area contributed by atoms with Gasteiger partial charge < -0.3 is 10.5 Å². The number of pyridine rings is 1. The van der Waals surface area contributed by atoms with Crippen molar-refractivity contribution in [3.63, 3.8) is 0 Å². The molecular weight excluding hydrogens is 592 g/mol. The van der Waals surface area contributed by atoms with Gasteiger partial charge in [-0.3, -0.25) is 18.8 Å². The number of nitrogens with two attached hydrogens (primary N) is 1. The quantitative estimate of drug-likeness (QED) is 0.266. The maximum Gasteiger partial charge on any atom is 0.267 e. The van der Waals surface area contributed by atoms with Gasteiger partial charge in [0.1, 0.15) is 17.5 Å². The zero-order chi connectivity index (χ0) is 30.5. The molecule has 5 aromatic rings. The van der Waals surface area contributed by atoms with Crippen LogP contribution < -0.4 is 20.8 Å². The molecule has 0 fully saturated rings. The standard InChI is InChI=1S/C27H26ClF2N7O4S/c1-13(2)41-21-8-5-17-24(32-21)33-26(19(31)11-14-9-15(29)12-16(30)10-14)37(27(17)38)20-7-6-18(28)22-23(20)36(3)34-25(22)35-42(4,39)40/h5-10,12-13,19H,11,31H2,1-4H3,(H,34,35)/t19-/m0/s1. The number of anilines is 1. The Morgan fingerprint density at radius 1 is 1.10 bits per heavy atom. The van der Waals surface area contributed by atoms with Crippen molar-refractivity contribution in [1.29, 1.82) is 0 Å². The Bertz CT molecular complexity index is 2010. The average Bonchev–Trinajstić information content (AvgIpc) is 3.18. The normalized spacial score (nSPS) is 12.8. The first-order valence-corrected chi connectivity index (χ1v) is 14.9. The van der Waals surface area contributed by atoms with Crippen LogP contribution in [0.25, 0.3) is 27.6 Å². The fourth-order valence-electron chi connectivity index (χ4n) is 4.71. The molecule has 0 aliphatic carbocycles. The van der Waals surface area contributed by atoms with Crippen LogP contribution in [0.15, 0.2) is 47.3 Å². The van der Waals surface area contributed by atoms with Crippen LogP contribution in [0.5, 0.6) is 5.88 Å². The van der Waals surface area contributed by atoms with Gasteiger partial charge in [-0.15, -0.1) is 0 Å². The van der Waals surface area contributed by atoms with Gasteiger partial charge in [0.15, 0.2) is 11.5 Å². The van der Waals surface area contributed by atoms with Crippen molar-refractivity contribution in [2.24, 2.45) is 12.8 Å². The van der Waals surface area contributed by atoms with E-state index in [-0.39, 0.29) is 62.7 Å². The van der Waals surface area contributed by atoms with Crippen molar-refractivity contribution in [1.82, 2.24) is 24.3 Å². The first kappa shape index (κ1) is 29.4. The molecule has 0 saturated carbocycles. The van der Waals surface area contributed by atoms with Crippen molar-refractivity contribution in [3.8, 4) is 11.6 Å². The van der Waals surface area contributed by atoms with Crippen molar-refractivity contribution in [3.05, 3.63) is 80.9 Å². The van der Waals surface area contributed by atoms with E-state index in [4.69, 9.17) is 22.1 Å². The minimum Gasteiger partial charge on any atom is -0.475 e. The number of aryl methyl sites for hydroxylation is 1. The van der Waals surface area contributed by atoms with E-state index in [0.717, 1.165) is 24.5 Å². The van der Waals surface area contributed by atoms with E-state index in [1.54, 1.807) is 19.2 Å². The third-order valence-electron chi connectivity index (χ3n) is 6.24. The third kappa shape index (κ3) is 5.78. The van der Waals surface area contributed by atoms with E-state index >= 15 is 0 Å². The second-order valence-electron chi connectivity index (χ2n) is 10.0. The molecule has 0 unspecified atom stereocenters. The van der Waals surface area contributed by atoms with Gasteiger partial charge in [-0.1, -0.05) is 11.6 Å². The molecule has 1 atom stereocenters. The maximum absolute atomic E-state index is 14.1. The number of hydrogen-bond acceptors (Lipinski definition) is 8. The lowest BCUT2D eigenvalue weighted by Gasteiger charge is -2.20. The van der Waals surface area contributed by atoms with Crippen LogP contribution in [0.1, 0.15) is 31.3 Å². The lowest BCUT2D eigenvalue weighted by Crippen LogP contribution is -2.30. The summed E-state index contributed by atoms with van der Waals surface area (Å²) >= 11 is 6.49. The van der Waals surface area contributed by atoms with Gasteiger partial charge in [0.05, 0.1) is 45.4 Å². The minimum atomic E-state index is -3.73. The molecule has 3 N–H and O–H groups in total. The van der Waals surface area contributed by atoms with Crippen LogP contribution in [0.2, 0.25) is 5.02 Å². The highest BCUT2D eigenvalue weighted by atomic mass is 35.5. The Hall–Kier alpha value is -4.14. The van der Waals surface area contributed by atoms with Crippen molar-refractivity contribution in [2.75, 3.05) is 11.0 Å². The molecule has 0 radical (unpaired) electrons. The number of ether oxygens (including phenoxy) is 1. The van der Waals surface area contributed by atoms with Gasteiger partial charge in [0.2, 0.25) is 15.9 Å². The summed E-state index contributed by atoms with van der Waals surface area (Å²) in [7, 11) is -2.17. The predicted octanol–water partition coefficient (Wildman–Crippen LogP) is 4.00. The molecule has 0 aliphatic rings. The monoisotopic (exact) mass is 617 g/mol. The summed E-state index contributed by atoms with van der Waals surface area (Å²) in [5.41, 5.74) is 6.86. The molecule has 42 heavy (non-hydrogen) atoms. The number of halogens is 3. The fourth-order valence-corrected chi connectivity index (χ4v) is 5.45. The Kier molecular flexibility index (Phi) is 7.64. The lowest BCUT2D eigenvalue weighted by molar-refractivity contribution is 0.233. The molecule has 3 aromatic heterocycles. The zero-order valence-corrected chi connectivity index (χ0v) is 24.5.